The molecule has 0 bridgehead atoms. The summed E-state index contributed by atoms with van der Waals surface area (Å²) in [6.45, 7) is 0.464. The molecule has 182 valence electrons. The van der Waals surface area contributed by atoms with Gasteiger partial charge in [0.05, 0.1) is 49.0 Å². The minimum Gasteiger partial charge on any atom is -0.497 e. The molecule has 0 spiro atoms. The van der Waals surface area contributed by atoms with Crippen molar-refractivity contribution in [1.82, 2.24) is 24.7 Å². The third-order valence-corrected chi connectivity index (χ3v) is 5.89. The van der Waals surface area contributed by atoms with Crippen LogP contribution >= 0.6 is 0 Å². The number of benzene rings is 2. The second-order valence-electron chi connectivity index (χ2n) is 8.24. The number of hydrogen-bond acceptors (Lipinski definition) is 7. The van der Waals surface area contributed by atoms with E-state index in [1.807, 2.05) is 49.6 Å². The van der Waals surface area contributed by atoms with Crippen LogP contribution in [0, 0.1) is 5.82 Å². The Hall–Kier alpha value is -4.53. The first kappa shape index (κ1) is 23.2. The molecule has 0 saturated carbocycles. The van der Waals surface area contributed by atoms with Gasteiger partial charge in [0.25, 0.3) is 0 Å². The highest BCUT2D eigenvalue weighted by atomic mass is 19.1. The molecule has 0 amide bonds. The van der Waals surface area contributed by atoms with Gasteiger partial charge in [0.1, 0.15) is 17.3 Å². The van der Waals surface area contributed by atoms with Crippen molar-refractivity contribution in [3.63, 3.8) is 0 Å². The molecule has 0 atom stereocenters. The van der Waals surface area contributed by atoms with Crippen molar-refractivity contribution in [2.45, 2.75) is 6.42 Å². The van der Waals surface area contributed by atoms with Gasteiger partial charge in [0.15, 0.2) is 0 Å². The van der Waals surface area contributed by atoms with Crippen molar-refractivity contribution in [3.05, 3.63) is 84.8 Å². The number of pyridine rings is 1. The second kappa shape index (κ2) is 9.99. The number of anilines is 2. The van der Waals surface area contributed by atoms with E-state index in [9.17, 15) is 4.39 Å². The zero-order chi connectivity index (χ0) is 25.1. The van der Waals surface area contributed by atoms with E-state index in [1.165, 1.54) is 6.07 Å². The van der Waals surface area contributed by atoms with E-state index in [1.54, 1.807) is 43.6 Å². The molecule has 5 aromatic rings. The largest absolute Gasteiger partial charge is 0.497 e. The Balaban J connectivity index is 1.58. The maximum absolute atomic E-state index is 14.4. The van der Waals surface area contributed by atoms with Gasteiger partial charge < -0.3 is 14.4 Å². The fourth-order valence-electron chi connectivity index (χ4n) is 4.04. The molecule has 3 aromatic heterocycles. The highest BCUT2D eigenvalue weighted by Crippen LogP contribution is 2.34. The normalized spacial score (nSPS) is 11.0. The van der Waals surface area contributed by atoms with Crippen molar-refractivity contribution in [1.29, 1.82) is 0 Å². The number of halogens is 1. The average Bonchev–Trinajstić information content (AvgIpc) is 3.35. The predicted octanol–water partition coefficient (Wildman–Crippen LogP) is 4.96. The Morgan fingerprint density at radius 3 is 2.42 bits per heavy atom. The second-order valence-corrected chi connectivity index (χ2v) is 8.24. The summed E-state index contributed by atoms with van der Waals surface area (Å²) in [4.78, 5) is 15.7. The van der Waals surface area contributed by atoms with Crippen LogP contribution in [0.2, 0.25) is 0 Å². The van der Waals surface area contributed by atoms with E-state index in [-0.39, 0.29) is 5.82 Å². The fraction of sp³-hybridized carbons (Fsp3) is 0.185. The van der Waals surface area contributed by atoms with Crippen LogP contribution in [-0.4, -0.2) is 45.5 Å². The maximum Gasteiger partial charge on any atom is 0.144 e. The third kappa shape index (κ3) is 4.81. The molecule has 9 heteroatoms. The van der Waals surface area contributed by atoms with Crippen molar-refractivity contribution >= 4 is 22.4 Å². The minimum atomic E-state index is -0.328. The quantitative estimate of drug-likeness (QED) is 0.308. The lowest BCUT2D eigenvalue weighted by atomic mass is 10.1. The van der Waals surface area contributed by atoms with Gasteiger partial charge in [-0.25, -0.2) is 9.37 Å². The first-order valence-corrected chi connectivity index (χ1v) is 11.4. The molecule has 0 aliphatic carbocycles. The Labute approximate surface area is 208 Å². The van der Waals surface area contributed by atoms with Gasteiger partial charge in [-0.1, -0.05) is 0 Å². The summed E-state index contributed by atoms with van der Waals surface area (Å²) in [5.74, 6) is 0.974. The lowest BCUT2D eigenvalue weighted by Gasteiger charge is -2.26. The van der Waals surface area contributed by atoms with E-state index >= 15 is 0 Å². The van der Waals surface area contributed by atoms with Crippen LogP contribution in [0.1, 0.15) is 5.69 Å². The number of rotatable bonds is 8. The summed E-state index contributed by atoms with van der Waals surface area (Å²) in [6.07, 6.45) is 7.40. The van der Waals surface area contributed by atoms with E-state index in [0.717, 1.165) is 33.7 Å². The first-order valence-electron chi connectivity index (χ1n) is 11.4. The summed E-state index contributed by atoms with van der Waals surface area (Å²) in [5, 5.41) is 4.23. The summed E-state index contributed by atoms with van der Waals surface area (Å²) in [6, 6.07) is 14.5. The van der Waals surface area contributed by atoms with Crippen molar-refractivity contribution < 1.29 is 13.9 Å². The van der Waals surface area contributed by atoms with Gasteiger partial charge in [-0.2, -0.15) is 5.10 Å². The molecular weight excluding hydrogens is 459 g/mol. The Morgan fingerprint density at radius 1 is 0.917 bits per heavy atom. The molecule has 0 aliphatic rings. The van der Waals surface area contributed by atoms with E-state index in [2.05, 4.69) is 20.0 Å². The van der Waals surface area contributed by atoms with Gasteiger partial charge in [-0.05, 0) is 30.3 Å². The number of ether oxygens (including phenoxy) is 2. The SMILES string of the molecule is COc1cc(OC)cc(N(CCc2ncccc2F)c2ccc3ncc(-c4cnn(C)c4)nc3c2)c1. The van der Waals surface area contributed by atoms with Gasteiger partial charge in [-0.15, -0.1) is 0 Å². The molecule has 0 saturated heterocycles. The monoisotopic (exact) mass is 484 g/mol. The van der Waals surface area contributed by atoms with Gasteiger partial charge >= 0.3 is 0 Å². The molecule has 0 unspecified atom stereocenters. The lowest BCUT2D eigenvalue weighted by Crippen LogP contribution is -2.21. The Morgan fingerprint density at radius 2 is 1.72 bits per heavy atom. The van der Waals surface area contributed by atoms with Crippen molar-refractivity contribution in [2.75, 3.05) is 25.7 Å². The number of aryl methyl sites for hydroxylation is 1. The molecule has 0 N–H and O–H groups in total. The van der Waals surface area contributed by atoms with Crippen LogP contribution in [0.25, 0.3) is 22.3 Å². The molecule has 36 heavy (non-hydrogen) atoms. The third-order valence-electron chi connectivity index (χ3n) is 5.89. The molecule has 2 aromatic carbocycles. The van der Waals surface area contributed by atoms with Crippen LogP contribution in [0.4, 0.5) is 15.8 Å². The maximum atomic E-state index is 14.4. The number of fused-ring (bicyclic) bond motifs is 1. The molecule has 0 radical (unpaired) electrons. The fourth-order valence-corrected chi connectivity index (χ4v) is 4.04. The number of hydrogen-bond donors (Lipinski definition) is 0. The first-order chi connectivity index (χ1) is 17.5. The van der Waals surface area contributed by atoms with Crippen LogP contribution in [0.5, 0.6) is 11.5 Å². The lowest BCUT2D eigenvalue weighted by molar-refractivity contribution is 0.394. The van der Waals surface area contributed by atoms with Gasteiger partial charge in [0, 0.05) is 67.5 Å². The zero-order valence-corrected chi connectivity index (χ0v) is 20.2. The molecule has 8 nitrogen and oxygen atoms in total. The summed E-state index contributed by atoms with van der Waals surface area (Å²) in [5.41, 5.74) is 5.22. The molecular formula is C27H25FN6O2. The Bertz CT molecular complexity index is 1500. The number of methoxy groups -OCH3 is 2. The summed E-state index contributed by atoms with van der Waals surface area (Å²) in [7, 11) is 5.08. The van der Waals surface area contributed by atoms with E-state index < -0.39 is 0 Å². The van der Waals surface area contributed by atoms with Crippen LogP contribution in [-0.2, 0) is 13.5 Å². The van der Waals surface area contributed by atoms with Crippen molar-refractivity contribution in [2.24, 2.45) is 7.05 Å². The van der Waals surface area contributed by atoms with Crippen molar-refractivity contribution in [3.8, 4) is 22.8 Å². The topological polar surface area (TPSA) is 78.2 Å². The van der Waals surface area contributed by atoms with Gasteiger partial charge in [0.2, 0.25) is 0 Å². The van der Waals surface area contributed by atoms with Crippen LogP contribution in [0.3, 0.4) is 0 Å². The standard InChI is InChI=1S/C27H25FN6O2/c1-33-17-18(15-31-33)27-16-30-25-7-6-19(13-26(25)32-27)34(10-8-24-23(28)5-4-9-29-24)20-11-21(35-2)14-22(12-20)36-3/h4-7,9,11-17H,8,10H2,1-3H3. The summed E-state index contributed by atoms with van der Waals surface area (Å²) < 4.78 is 27.1. The predicted molar refractivity (Wildman–Crippen MR) is 136 cm³/mol. The average molecular weight is 485 g/mol. The molecule has 5 rings (SSSR count). The highest BCUT2D eigenvalue weighted by molar-refractivity contribution is 5.82. The smallest absolute Gasteiger partial charge is 0.144 e. The number of nitrogens with zero attached hydrogens (tertiary/aromatic N) is 6. The molecule has 3 heterocycles. The minimum absolute atomic E-state index is 0.328. The molecule has 0 aliphatic heterocycles. The van der Waals surface area contributed by atoms with Crippen LogP contribution < -0.4 is 14.4 Å². The summed E-state index contributed by atoms with van der Waals surface area (Å²) >= 11 is 0. The Kier molecular flexibility index (Phi) is 6.44. The number of aromatic nitrogens is 5. The highest BCUT2D eigenvalue weighted by Gasteiger charge is 2.16. The van der Waals surface area contributed by atoms with Gasteiger partial charge in [-0.3, -0.25) is 14.6 Å². The molecule has 0 fully saturated rings. The van der Waals surface area contributed by atoms with Crippen LogP contribution in [0.15, 0.2) is 73.3 Å². The van der Waals surface area contributed by atoms with E-state index in [4.69, 9.17) is 14.5 Å². The van der Waals surface area contributed by atoms with E-state index in [0.29, 0.717) is 30.2 Å². The zero-order valence-electron chi connectivity index (χ0n) is 20.2.